The highest BCUT2D eigenvalue weighted by molar-refractivity contribution is 6.01. The van der Waals surface area contributed by atoms with Crippen LogP contribution in [0, 0.1) is 0 Å². The summed E-state index contributed by atoms with van der Waals surface area (Å²) in [5.41, 5.74) is 0.424. The molecule has 3 rings (SSSR count). The molecule has 0 saturated carbocycles. The topological polar surface area (TPSA) is 75.7 Å². The van der Waals surface area contributed by atoms with Crippen LogP contribution in [-0.2, 0) is 27.1 Å². The minimum Gasteiger partial charge on any atom is -0.484 e. The van der Waals surface area contributed by atoms with Crippen LogP contribution in [-0.4, -0.2) is 29.2 Å². The molecule has 0 radical (unpaired) electrons. The zero-order chi connectivity index (χ0) is 21.0. The number of hydrogen-bond acceptors (Lipinski definition) is 4. The predicted octanol–water partition coefficient (Wildman–Crippen LogP) is 3.37. The molecule has 2 aromatic carbocycles. The molecule has 0 aromatic heterocycles. The molecule has 1 fully saturated rings. The molecule has 0 unspecified atom stereocenters. The minimum absolute atomic E-state index is 0.142. The van der Waals surface area contributed by atoms with Gasteiger partial charge in [-0.15, -0.1) is 0 Å². The zero-order valence-electron chi connectivity index (χ0n) is 15.2. The normalized spacial score (nSPS) is 14.2. The van der Waals surface area contributed by atoms with Gasteiger partial charge < -0.3 is 10.1 Å². The van der Waals surface area contributed by atoms with Crippen molar-refractivity contribution in [2.24, 2.45) is 0 Å². The first-order chi connectivity index (χ1) is 13.7. The van der Waals surface area contributed by atoms with Crippen LogP contribution in [0.25, 0.3) is 0 Å². The number of amides is 3. The maximum atomic E-state index is 12.5. The molecule has 1 N–H and O–H groups in total. The predicted molar refractivity (Wildman–Crippen MR) is 96.8 cm³/mol. The molecule has 1 heterocycles. The van der Waals surface area contributed by atoms with Crippen molar-refractivity contribution in [2.75, 3.05) is 11.9 Å². The maximum Gasteiger partial charge on any atom is 0.416 e. The third-order valence-electron chi connectivity index (χ3n) is 4.28. The lowest BCUT2D eigenvalue weighted by atomic mass is 10.2. The van der Waals surface area contributed by atoms with Gasteiger partial charge in [0.1, 0.15) is 5.75 Å². The van der Waals surface area contributed by atoms with Crippen LogP contribution in [0.15, 0.2) is 48.5 Å². The second-order valence-electron chi connectivity index (χ2n) is 6.43. The van der Waals surface area contributed by atoms with Crippen molar-refractivity contribution in [1.29, 1.82) is 0 Å². The first-order valence-corrected chi connectivity index (χ1v) is 8.74. The van der Waals surface area contributed by atoms with E-state index in [0.717, 1.165) is 29.8 Å². The van der Waals surface area contributed by atoms with Crippen LogP contribution in [0.4, 0.5) is 18.9 Å². The average molecular weight is 406 g/mol. The van der Waals surface area contributed by atoms with Crippen LogP contribution in [0.1, 0.15) is 24.0 Å². The summed E-state index contributed by atoms with van der Waals surface area (Å²) in [4.78, 5) is 36.4. The number of benzene rings is 2. The number of alkyl halides is 3. The molecule has 152 valence electrons. The SMILES string of the molecule is O=C(COc1ccc(C(F)(F)F)cc1)Nc1ccc(CN2C(=O)CCC2=O)cc1. The number of ether oxygens (including phenoxy) is 1. The van der Waals surface area contributed by atoms with Gasteiger partial charge in [-0.3, -0.25) is 19.3 Å². The Morgan fingerprint density at radius 1 is 0.966 bits per heavy atom. The highest BCUT2D eigenvalue weighted by atomic mass is 19.4. The molecule has 0 spiro atoms. The van der Waals surface area contributed by atoms with E-state index in [0.29, 0.717) is 5.69 Å². The highest BCUT2D eigenvalue weighted by Crippen LogP contribution is 2.30. The van der Waals surface area contributed by atoms with E-state index in [9.17, 15) is 27.6 Å². The van der Waals surface area contributed by atoms with Crippen molar-refractivity contribution < 1.29 is 32.3 Å². The van der Waals surface area contributed by atoms with Gasteiger partial charge in [0.05, 0.1) is 12.1 Å². The number of hydrogen-bond donors (Lipinski definition) is 1. The van der Waals surface area contributed by atoms with E-state index < -0.39 is 17.6 Å². The number of likely N-dealkylation sites (tertiary alicyclic amines) is 1. The van der Waals surface area contributed by atoms with Gasteiger partial charge in [-0.05, 0) is 42.0 Å². The summed E-state index contributed by atoms with van der Waals surface area (Å²) in [7, 11) is 0. The zero-order valence-corrected chi connectivity index (χ0v) is 15.2. The number of halogens is 3. The largest absolute Gasteiger partial charge is 0.484 e. The molecule has 9 heteroatoms. The molecular weight excluding hydrogens is 389 g/mol. The summed E-state index contributed by atoms with van der Waals surface area (Å²) in [5.74, 6) is -0.744. The standard InChI is InChI=1S/C20H17F3N2O4/c21-20(22,23)14-3-7-16(8-4-14)29-12-17(26)24-15-5-1-13(2-6-15)11-25-18(27)9-10-19(25)28/h1-8H,9-12H2,(H,24,26). The van der Waals surface area contributed by atoms with Gasteiger partial charge >= 0.3 is 6.18 Å². The second-order valence-corrected chi connectivity index (χ2v) is 6.43. The Balaban J connectivity index is 1.49. The third kappa shape index (κ3) is 5.34. The lowest BCUT2D eigenvalue weighted by molar-refractivity contribution is -0.139. The fraction of sp³-hybridized carbons (Fsp3) is 0.250. The number of nitrogens with one attached hydrogen (secondary N) is 1. The molecule has 1 aliphatic rings. The number of anilines is 1. The first-order valence-electron chi connectivity index (χ1n) is 8.74. The summed E-state index contributed by atoms with van der Waals surface area (Å²) in [6, 6.07) is 10.7. The van der Waals surface area contributed by atoms with Gasteiger partial charge in [-0.2, -0.15) is 13.2 Å². The smallest absolute Gasteiger partial charge is 0.416 e. The van der Waals surface area contributed by atoms with Crippen LogP contribution in [0.3, 0.4) is 0 Å². The quantitative estimate of drug-likeness (QED) is 0.747. The Morgan fingerprint density at radius 3 is 2.10 bits per heavy atom. The van der Waals surface area contributed by atoms with Crippen LogP contribution >= 0.6 is 0 Å². The number of carbonyl (C=O) groups is 3. The van der Waals surface area contributed by atoms with E-state index in [-0.39, 0.29) is 43.6 Å². The molecule has 1 aliphatic heterocycles. The summed E-state index contributed by atoms with van der Waals surface area (Å²) in [5, 5.41) is 2.59. The highest BCUT2D eigenvalue weighted by Gasteiger charge is 2.30. The van der Waals surface area contributed by atoms with Crippen molar-refractivity contribution in [2.45, 2.75) is 25.6 Å². The lowest BCUT2D eigenvalue weighted by Crippen LogP contribution is -2.28. The number of nitrogens with zero attached hydrogens (tertiary/aromatic N) is 1. The van der Waals surface area contributed by atoms with Crippen molar-refractivity contribution in [3.63, 3.8) is 0 Å². The van der Waals surface area contributed by atoms with Crippen molar-refractivity contribution in [3.8, 4) is 5.75 Å². The van der Waals surface area contributed by atoms with Gasteiger partial charge in [0, 0.05) is 18.5 Å². The molecule has 1 saturated heterocycles. The van der Waals surface area contributed by atoms with Crippen molar-refractivity contribution in [3.05, 3.63) is 59.7 Å². The summed E-state index contributed by atoms with van der Waals surface area (Å²) in [6.07, 6.45) is -3.98. The van der Waals surface area contributed by atoms with Gasteiger partial charge in [-0.1, -0.05) is 12.1 Å². The Kier molecular flexibility index (Phi) is 5.86. The van der Waals surface area contributed by atoms with Gasteiger partial charge in [0.2, 0.25) is 11.8 Å². The number of rotatable bonds is 6. The number of imide groups is 1. The molecule has 0 bridgehead atoms. The van der Waals surface area contributed by atoms with Crippen molar-refractivity contribution >= 4 is 23.4 Å². The average Bonchev–Trinajstić information content (AvgIpc) is 2.99. The fourth-order valence-corrected chi connectivity index (χ4v) is 2.76. The van der Waals surface area contributed by atoms with E-state index in [4.69, 9.17) is 4.74 Å². The van der Waals surface area contributed by atoms with Crippen LogP contribution in [0.5, 0.6) is 5.75 Å². The van der Waals surface area contributed by atoms with Gasteiger partial charge in [0.15, 0.2) is 6.61 Å². The van der Waals surface area contributed by atoms with E-state index in [1.807, 2.05) is 0 Å². The van der Waals surface area contributed by atoms with Gasteiger partial charge in [0.25, 0.3) is 5.91 Å². The van der Waals surface area contributed by atoms with Crippen LogP contribution in [0.2, 0.25) is 0 Å². The van der Waals surface area contributed by atoms with E-state index in [1.165, 1.54) is 4.90 Å². The summed E-state index contributed by atoms with van der Waals surface area (Å²) < 4.78 is 42.7. The molecule has 29 heavy (non-hydrogen) atoms. The molecule has 6 nitrogen and oxygen atoms in total. The minimum atomic E-state index is -4.43. The van der Waals surface area contributed by atoms with E-state index >= 15 is 0 Å². The van der Waals surface area contributed by atoms with E-state index in [1.54, 1.807) is 24.3 Å². The van der Waals surface area contributed by atoms with Crippen LogP contribution < -0.4 is 10.1 Å². The Labute approximate surface area is 164 Å². The molecule has 2 aromatic rings. The maximum absolute atomic E-state index is 12.5. The Bertz CT molecular complexity index is 893. The summed E-state index contributed by atoms with van der Waals surface area (Å²) >= 11 is 0. The lowest BCUT2D eigenvalue weighted by Gasteiger charge is -2.14. The second kappa shape index (κ2) is 8.34. The molecule has 3 amide bonds. The fourth-order valence-electron chi connectivity index (χ4n) is 2.76. The third-order valence-corrected chi connectivity index (χ3v) is 4.28. The van der Waals surface area contributed by atoms with E-state index in [2.05, 4.69) is 5.32 Å². The Morgan fingerprint density at radius 2 is 1.55 bits per heavy atom. The van der Waals surface area contributed by atoms with Gasteiger partial charge in [-0.25, -0.2) is 0 Å². The first kappa shape index (κ1) is 20.4. The molecule has 0 atom stereocenters. The van der Waals surface area contributed by atoms with Crippen molar-refractivity contribution in [1.82, 2.24) is 4.90 Å². The summed E-state index contributed by atoms with van der Waals surface area (Å²) in [6.45, 7) is -0.188. The Hall–Kier alpha value is -3.36. The monoisotopic (exact) mass is 406 g/mol. The molecular formula is C20H17F3N2O4. The number of carbonyl (C=O) groups excluding carboxylic acids is 3. The molecule has 0 aliphatic carbocycles.